The molecule has 6 aromatic carbocycles. The quantitative estimate of drug-likeness (QED) is 0.0669. The summed E-state index contributed by atoms with van der Waals surface area (Å²) in [4.78, 5) is 14.2. The van der Waals surface area contributed by atoms with Crippen molar-refractivity contribution in [1.82, 2.24) is 14.4 Å². The van der Waals surface area contributed by atoms with Crippen molar-refractivity contribution in [2.45, 2.75) is 54.4 Å². The number of aromatic nitrogens is 3. The van der Waals surface area contributed by atoms with Gasteiger partial charge in [-0.25, -0.2) is 4.98 Å². The number of hydrogen-bond donors (Lipinski definition) is 1. The smallest absolute Gasteiger partial charge is 0.328 e. The molecule has 0 spiro atoms. The minimum absolute atomic E-state index is 0.338. The van der Waals surface area contributed by atoms with E-state index in [1.165, 1.54) is 11.3 Å². The highest BCUT2D eigenvalue weighted by Crippen LogP contribution is 2.37. The van der Waals surface area contributed by atoms with Crippen LogP contribution >= 0.6 is 11.3 Å². The Morgan fingerprint density at radius 2 is 1.26 bits per heavy atom. The van der Waals surface area contributed by atoms with E-state index in [4.69, 9.17) is 28.9 Å². The van der Waals surface area contributed by atoms with E-state index in [2.05, 4.69) is 85.7 Å². The summed E-state index contributed by atoms with van der Waals surface area (Å²) in [5.74, 6) is 3.67. The Balaban J connectivity index is 1.51. The second-order valence-corrected chi connectivity index (χ2v) is 19.8. The van der Waals surface area contributed by atoms with E-state index in [0.717, 1.165) is 78.6 Å². The number of benzene rings is 6. The van der Waals surface area contributed by atoms with Crippen LogP contribution in [0, 0.1) is 41.4 Å². The molecule has 74 heavy (non-hydrogen) atoms. The molecule has 0 radical (unpaired) electrons. The first kappa shape index (κ1) is 50.6. The summed E-state index contributed by atoms with van der Waals surface area (Å²) in [5.41, 5.74) is 8.71. The van der Waals surface area contributed by atoms with Crippen LogP contribution in [-0.2, 0) is 0 Å². The molecule has 0 amide bonds. The lowest BCUT2D eigenvalue weighted by Crippen LogP contribution is -2.53. The van der Waals surface area contributed by atoms with Gasteiger partial charge in [-0.1, -0.05) is 112 Å². The Morgan fingerprint density at radius 3 is 1.80 bits per heavy atom. The van der Waals surface area contributed by atoms with E-state index in [-0.39, 0.29) is 0 Å². The molecule has 0 aliphatic carbocycles. The lowest BCUT2D eigenvalue weighted by Gasteiger charge is -2.22. The van der Waals surface area contributed by atoms with Gasteiger partial charge in [0.15, 0.2) is 0 Å². The van der Waals surface area contributed by atoms with Crippen LogP contribution in [0.3, 0.4) is 0 Å². The molecule has 3 heterocycles. The van der Waals surface area contributed by atoms with E-state index in [0.29, 0.717) is 80.5 Å². The van der Waals surface area contributed by atoms with E-state index >= 15 is 0 Å². The highest BCUT2D eigenvalue weighted by atomic mass is 32.1. The maximum absolute atomic E-state index is 11.9. The summed E-state index contributed by atoms with van der Waals surface area (Å²) in [6.45, 7) is 13.2. The second-order valence-electron chi connectivity index (χ2n) is 18.8. The van der Waals surface area contributed by atoms with Crippen molar-refractivity contribution in [3.05, 3.63) is 167 Å². The lowest BCUT2D eigenvalue weighted by atomic mass is 9.50. The number of nitriles is 2. The van der Waals surface area contributed by atoms with E-state index in [1.54, 1.807) is 14.2 Å². The molecule has 0 bridgehead atoms. The van der Waals surface area contributed by atoms with Crippen LogP contribution in [0.5, 0.6) is 23.0 Å². The number of rotatable bonds is 18. The van der Waals surface area contributed by atoms with Crippen molar-refractivity contribution in [2.75, 3.05) is 27.4 Å². The van der Waals surface area contributed by atoms with Crippen molar-refractivity contribution in [2.24, 2.45) is 16.8 Å². The average Bonchev–Trinajstić information content (AvgIpc) is 4.14. The first-order valence-corrected chi connectivity index (χ1v) is 26.0. The Kier molecular flexibility index (Phi) is 15.5. The fourth-order valence-electron chi connectivity index (χ4n) is 9.19. The summed E-state index contributed by atoms with van der Waals surface area (Å²) in [6, 6.07) is 53.8. The molecule has 12 heteroatoms. The maximum Gasteiger partial charge on any atom is 0.328 e. The molecule has 10 nitrogen and oxygen atoms in total. The van der Waals surface area contributed by atoms with Gasteiger partial charge in [-0.3, -0.25) is 4.99 Å². The van der Waals surface area contributed by atoms with Crippen LogP contribution in [0.4, 0.5) is 5.69 Å². The SMILES string of the molecule is CCC(C)COc1ccc(-c2[nH]/c(=C(C#N)\C(C)=N\c3ccc(OC)cc3C)c3c(-c4ccc(OCC(C)CC)cc4)n(B(c4ccccc4)c4ccccc4)/c(=C(/C#N)c4nc5ccc(OC)cc5s4)c23)cc1. The van der Waals surface area contributed by atoms with E-state index in [1.807, 2.05) is 123 Å². The number of aromatic amines is 1. The molecular weight excluding hydrogens is 936 g/mol. The Bertz CT molecular complexity index is 3660. The first-order chi connectivity index (χ1) is 36.1. The molecule has 0 saturated carbocycles. The normalized spacial score (nSPS) is 13.2. The number of methoxy groups -OCH3 is 2. The Morgan fingerprint density at radius 1 is 0.703 bits per heavy atom. The van der Waals surface area contributed by atoms with Crippen LogP contribution < -0.4 is 40.6 Å². The van der Waals surface area contributed by atoms with Gasteiger partial charge in [0.05, 0.1) is 71.0 Å². The second kappa shape index (κ2) is 22.6. The number of nitrogens with zero attached hydrogens (tertiary/aromatic N) is 5. The number of ether oxygens (including phenoxy) is 4. The minimum atomic E-state index is -0.492. The molecule has 2 atom stereocenters. The van der Waals surface area contributed by atoms with Crippen LogP contribution in [0.25, 0.3) is 54.7 Å². The summed E-state index contributed by atoms with van der Waals surface area (Å²) in [7, 11) is 3.28. The van der Waals surface area contributed by atoms with Gasteiger partial charge in [0.25, 0.3) is 0 Å². The maximum atomic E-state index is 11.9. The van der Waals surface area contributed by atoms with Gasteiger partial charge >= 0.3 is 6.85 Å². The zero-order valence-corrected chi connectivity index (χ0v) is 44.0. The summed E-state index contributed by atoms with van der Waals surface area (Å²) in [6.07, 6.45) is 2.00. The summed E-state index contributed by atoms with van der Waals surface area (Å²) < 4.78 is 27.0. The van der Waals surface area contributed by atoms with Crippen molar-refractivity contribution in [3.63, 3.8) is 0 Å². The number of hydrogen-bond acceptors (Lipinski definition) is 9. The molecule has 370 valence electrons. The van der Waals surface area contributed by atoms with Crippen molar-refractivity contribution in [1.29, 1.82) is 10.5 Å². The largest absolute Gasteiger partial charge is 0.497 e. The predicted molar refractivity (Wildman–Crippen MR) is 303 cm³/mol. The van der Waals surface area contributed by atoms with Crippen molar-refractivity contribution < 1.29 is 18.9 Å². The third-order valence-corrected chi connectivity index (χ3v) is 14.8. The number of aryl methyl sites for hydroxylation is 1. The van der Waals surface area contributed by atoms with Gasteiger partial charge in [-0.2, -0.15) is 10.5 Å². The van der Waals surface area contributed by atoms with Gasteiger partial charge in [-0.15, -0.1) is 11.3 Å². The average molecular weight is 995 g/mol. The van der Waals surface area contributed by atoms with Crippen LogP contribution in [0.1, 0.15) is 58.0 Å². The van der Waals surface area contributed by atoms with Crippen molar-refractivity contribution >= 4 is 72.6 Å². The standard InChI is InChI=1S/C62H59BN6O4S/c1-9-39(3)37-72-47-25-21-43(22-26-47)58-56-57(59(68-58)51(35-64)42(6)66-53-31-29-49(70-7)33-41(53)5)60(44-23-27-48(28-24-44)73-38-40(4)10-2)69(63(45-17-13-11-14-18-45)46-19-15-12-16-20-46)61(56)52(36-65)62-67-54-32-30-50(71-8)34-55(54)74-62/h11-34,39-40,68H,9-10,37-38H2,1-8H3/b59-51-,61-52-,66-42+. The van der Waals surface area contributed by atoms with Crippen molar-refractivity contribution in [3.8, 4) is 57.7 Å². The monoisotopic (exact) mass is 994 g/mol. The van der Waals surface area contributed by atoms with E-state index in [9.17, 15) is 10.5 Å². The van der Waals surface area contributed by atoms with Gasteiger partial charge in [0.2, 0.25) is 0 Å². The zero-order chi connectivity index (χ0) is 51.9. The molecule has 0 fully saturated rings. The molecule has 0 saturated heterocycles. The number of H-pyrrole nitrogens is 1. The van der Waals surface area contributed by atoms with E-state index < -0.39 is 6.85 Å². The first-order valence-electron chi connectivity index (χ1n) is 25.1. The molecular formula is C62H59BN6O4S. The van der Waals surface area contributed by atoms with Gasteiger partial charge in [0, 0.05) is 16.5 Å². The number of fused-ring (bicyclic) bond motifs is 2. The zero-order valence-electron chi connectivity index (χ0n) is 43.2. The van der Waals surface area contributed by atoms with Crippen LogP contribution in [0.2, 0.25) is 0 Å². The predicted octanol–water partition coefficient (Wildman–Crippen LogP) is 11.9. The fraction of sp³-hybridized carbons (Fsp3) is 0.226. The molecule has 3 aromatic heterocycles. The number of nitrogens with one attached hydrogen (secondary N) is 1. The Labute approximate surface area is 437 Å². The van der Waals surface area contributed by atoms with Crippen LogP contribution in [0.15, 0.2) is 151 Å². The van der Waals surface area contributed by atoms with Gasteiger partial charge in [-0.05, 0) is 127 Å². The lowest BCUT2D eigenvalue weighted by molar-refractivity contribution is 0.256. The molecule has 0 aliphatic rings. The number of thiazole rings is 1. The molecule has 2 unspecified atom stereocenters. The molecule has 9 aromatic rings. The van der Waals surface area contributed by atoms with Gasteiger partial charge < -0.3 is 28.4 Å². The number of aliphatic imine (C=N–C) groups is 1. The summed E-state index contributed by atoms with van der Waals surface area (Å²) in [5, 5.41) is 26.7. The highest BCUT2D eigenvalue weighted by Gasteiger charge is 2.33. The Hall–Kier alpha value is -8.32. The fourth-order valence-corrected chi connectivity index (χ4v) is 10.2. The van der Waals surface area contributed by atoms with Gasteiger partial charge in [0.1, 0.15) is 45.7 Å². The minimum Gasteiger partial charge on any atom is -0.497 e. The third kappa shape index (κ3) is 10.3. The third-order valence-electron chi connectivity index (χ3n) is 13.8. The topological polar surface area (TPSA) is 130 Å². The molecule has 1 N–H and O–H groups in total. The highest BCUT2D eigenvalue weighted by molar-refractivity contribution is 7.19. The summed E-state index contributed by atoms with van der Waals surface area (Å²) >= 11 is 1.44. The molecule has 9 rings (SSSR count). The van der Waals surface area contributed by atoms with Crippen LogP contribution in [-0.4, -0.2) is 54.4 Å². The molecule has 0 aliphatic heterocycles.